The van der Waals surface area contributed by atoms with E-state index in [2.05, 4.69) is 4.98 Å². The molecule has 7 heteroatoms. The molecule has 1 aromatic heterocycles. The van der Waals surface area contributed by atoms with Crippen LogP contribution < -0.4 is 4.74 Å². The molecule has 106 valence electrons. The van der Waals surface area contributed by atoms with Gasteiger partial charge in [-0.05, 0) is 31.2 Å². The molecule has 7 nitrogen and oxygen atoms in total. The van der Waals surface area contributed by atoms with Crippen molar-refractivity contribution < 1.29 is 14.8 Å². The number of nitro benzene ring substituents is 1. The molecule has 0 bridgehead atoms. The first-order valence-corrected chi connectivity index (χ1v) is 6.02. The highest BCUT2D eigenvalue weighted by Gasteiger charge is 2.19. The molecular formula is C14H11N3O4. The zero-order valence-corrected chi connectivity index (χ0v) is 11.1. The second kappa shape index (κ2) is 5.98. The van der Waals surface area contributed by atoms with Gasteiger partial charge in [-0.15, -0.1) is 0 Å². The first kappa shape index (κ1) is 14.4. The molecule has 1 heterocycles. The lowest BCUT2D eigenvalue weighted by Gasteiger charge is -2.11. The number of rotatable bonds is 4. The Labute approximate surface area is 120 Å². The van der Waals surface area contributed by atoms with Gasteiger partial charge in [0.1, 0.15) is 0 Å². The van der Waals surface area contributed by atoms with Gasteiger partial charge in [-0.1, -0.05) is 0 Å². The molecule has 0 amide bonds. The predicted octanol–water partition coefficient (Wildman–Crippen LogP) is 2.71. The third kappa shape index (κ3) is 3.13. The highest BCUT2D eigenvalue weighted by Crippen LogP contribution is 2.33. The van der Waals surface area contributed by atoms with E-state index >= 15 is 0 Å². The second-order valence-electron chi connectivity index (χ2n) is 4.23. The van der Waals surface area contributed by atoms with E-state index in [0.29, 0.717) is 5.56 Å². The maximum atomic E-state index is 11.0. The molecule has 0 fully saturated rings. The molecule has 0 aliphatic carbocycles. The minimum Gasteiger partial charge on any atom is -0.431 e. The number of hydrogen-bond donors (Lipinski definition) is 1. The summed E-state index contributed by atoms with van der Waals surface area (Å²) >= 11 is 0. The van der Waals surface area contributed by atoms with Gasteiger partial charge in [0.15, 0.2) is 0 Å². The summed E-state index contributed by atoms with van der Waals surface area (Å²) in [5.41, 5.74) is 0.234. The van der Waals surface area contributed by atoms with Crippen LogP contribution in [0, 0.1) is 21.4 Å². The molecule has 1 N–H and O–H groups in total. The summed E-state index contributed by atoms with van der Waals surface area (Å²) in [6.45, 7) is 1.54. The van der Waals surface area contributed by atoms with Crippen LogP contribution in [0.3, 0.4) is 0 Å². The van der Waals surface area contributed by atoms with E-state index in [1.807, 2.05) is 6.07 Å². The number of nitrogens with zero attached hydrogens (tertiary/aromatic N) is 3. The van der Waals surface area contributed by atoms with Crippen molar-refractivity contribution in [3.8, 4) is 17.7 Å². The van der Waals surface area contributed by atoms with Gasteiger partial charge >= 0.3 is 5.69 Å². The van der Waals surface area contributed by atoms with Crippen LogP contribution in [0.5, 0.6) is 11.6 Å². The van der Waals surface area contributed by atoms with Crippen molar-refractivity contribution in [3.05, 3.63) is 57.8 Å². The van der Waals surface area contributed by atoms with E-state index in [1.54, 1.807) is 12.1 Å². The smallest absolute Gasteiger partial charge is 0.312 e. The van der Waals surface area contributed by atoms with Crippen molar-refractivity contribution in [1.82, 2.24) is 4.98 Å². The van der Waals surface area contributed by atoms with Gasteiger partial charge in [0.25, 0.3) is 0 Å². The van der Waals surface area contributed by atoms with Crippen molar-refractivity contribution in [2.24, 2.45) is 0 Å². The molecule has 0 spiro atoms. The fourth-order valence-electron chi connectivity index (χ4n) is 1.73. The number of pyridine rings is 1. The Balaban J connectivity index is 2.45. The Hall–Kier alpha value is -2.98. The third-order valence-electron chi connectivity index (χ3n) is 2.74. The number of nitro groups is 1. The summed E-state index contributed by atoms with van der Waals surface area (Å²) in [5, 5.41) is 29.5. The highest BCUT2D eigenvalue weighted by molar-refractivity contribution is 5.53. The molecule has 21 heavy (non-hydrogen) atoms. The van der Waals surface area contributed by atoms with Gasteiger partial charge in [0, 0.05) is 17.8 Å². The van der Waals surface area contributed by atoms with Crippen LogP contribution in [0.4, 0.5) is 5.69 Å². The van der Waals surface area contributed by atoms with Gasteiger partial charge < -0.3 is 9.84 Å². The SMILES string of the molecule is C[C@H](O)c1cccnc1Oc1ccc(C#N)cc1[N+](=O)[O-]. The normalized spacial score (nSPS) is 11.5. The molecule has 2 aromatic rings. The van der Waals surface area contributed by atoms with Crippen LogP contribution in [0.15, 0.2) is 36.5 Å². The second-order valence-corrected chi connectivity index (χ2v) is 4.23. The molecule has 0 aliphatic heterocycles. The number of ether oxygens (including phenoxy) is 1. The van der Waals surface area contributed by atoms with E-state index in [9.17, 15) is 15.2 Å². The lowest BCUT2D eigenvalue weighted by Crippen LogP contribution is -2.00. The van der Waals surface area contributed by atoms with E-state index in [0.717, 1.165) is 6.07 Å². The quantitative estimate of drug-likeness (QED) is 0.683. The van der Waals surface area contributed by atoms with Crippen molar-refractivity contribution in [3.63, 3.8) is 0 Å². The molecule has 2 rings (SSSR count). The first-order chi connectivity index (χ1) is 10.0. The van der Waals surface area contributed by atoms with E-state index in [-0.39, 0.29) is 22.9 Å². The summed E-state index contributed by atoms with van der Waals surface area (Å²) < 4.78 is 5.44. The average Bonchev–Trinajstić information content (AvgIpc) is 2.47. The lowest BCUT2D eigenvalue weighted by molar-refractivity contribution is -0.385. The standard InChI is InChI=1S/C14H11N3O4/c1-9(18)11-3-2-6-16-14(11)21-13-5-4-10(8-15)7-12(13)17(19)20/h2-7,9,18H,1H3/t9-/m0/s1. The number of nitriles is 1. The fourth-order valence-corrected chi connectivity index (χ4v) is 1.73. The Morgan fingerprint density at radius 1 is 1.48 bits per heavy atom. The Morgan fingerprint density at radius 3 is 2.86 bits per heavy atom. The van der Waals surface area contributed by atoms with Crippen LogP contribution in [0.2, 0.25) is 0 Å². The Bertz CT molecular complexity index is 722. The van der Waals surface area contributed by atoms with Gasteiger partial charge in [-0.2, -0.15) is 5.26 Å². The monoisotopic (exact) mass is 285 g/mol. The van der Waals surface area contributed by atoms with Crippen LogP contribution in [0.25, 0.3) is 0 Å². The van der Waals surface area contributed by atoms with Crippen LogP contribution in [-0.2, 0) is 0 Å². The largest absolute Gasteiger partial charge is 0.431 e. The number of hydrogen-bond acceptors (Lipinski definition) is 6. The summed E-state index contributed by atoms with van der Waals surface area (Å²) in [4.78, 5) is 14.4. The number of benzene rings is 1. The molecule has 0 radical (unpaired) electrons. The van der Waals surface area contributed by atoms with Gasteiger partial charge in [-0.3, -0.25) is 10.1 Å². The maximum Gasteiger partial charge on any atom is 0.312 e. The van der Waals surface area contributed by atoms with Crippen molar-refractivity contribution >= 4 is 5.69 Å². The minimum absolute atomic E-state index is 0.0420. The number of aliphatic hydroxyl groups excluding tert-OH is 1. The molecule has 0 unspecified atom stereocenters. The third-order valence-corrected chi connectivity index (χ3v) is 2.74. The summed E-state index contributed by atoms with van der Waals surface area (Å²) in [6, 6.07) is 8.93. The minimum atomic E-state index is -0.828. The summed E-state index contributed by atoms with van der Waals surface area (Å²) in [7, 11) is 0. The average molecular weight is 285 g/mol. The van der Waals surface area contributed by atoms with E-state index in [4.69, 9.17) is 10.00 Å². The van der Waals surface area contributed by atoms with Crippen LogP contribution in [0.1, 0.15) is 24.2 Å². The fraction of sp³-hybridized carbons (Fsp3) is 0.143. The predicted molar refractivity (Wildman–Crippen MR) is 72.8 cm³/mol. The maximum absolute atomic E-state index is 11.0. The first-order valence-electron chi connectivity index (χ1n) is 6.02. The summed E-state index contributed by atoms with van der Waals surface area (Å²) in [5.74, 6) is 0.0416. The topological polar surface area (TPSA) is 109 Å². The Morgan fingerprint density at radius 2 is 2.24 bits per heavy atom. The van der Waals surface area contributed by atoms with Gasteiger partial charge in [-0.25, -0.2) is 4.98 Å². The molecular weight excluding hydrogens is 274 g/mol. The van der Waals surface area contributed by atoms with Crippen LogP contribution in [-0.4, -0.2) is 15.0 Å². The molecule has 0 aliphatic rings. The van der Waals surface area contributed by atoms with Gasteiger partial charge in [0.2, 0.25) is 11.6 Å². The van der Waals surface area contributed by atoms with Crippen molar-refractivity contribution in [2.45, 2.75) is 13.0 Å². The van der Waals surface area contributed by atoms with Gasteiger partial charge in [0.05, 0.1) is 22.7 Å². The molecule has 0 saturated carbocycles. The number of aromatic nitrogens is 1. The molecule has 1 atom stereocenters. The number of aliphatic hydroxyl groups is 1. The zero-order valence-electron chi connectivity index (χ0n) is 11.1. The van der Waals surface area contributed by atoms with Crippen molar-refractivity contribution in [1.29, 1.82) is 5.26 Å². The lowest BCUT2D eigenvalue weighted by atomic mass is 10.2. The highest BCUT2D eigenvalue weighted by atomic mass is 16.6. The van der Waals surface area contributed by atoms with Crippen molar-refractivity contribution in [2.75, 3.05) is 0 Å². The van der Waals surface area contributed by atoms with E-state index < -0.39 is 11.0 Å². The zero-order chi connectivity index (χ0) is 15.4. The van der Waals surface area contributed by atoms with Crippen LogP contribution >= 0.6 is 0 Å². The molecule has 0 saturated heterocycles. The summed E-state index contributed by atoms with van der Waals surface area (Å²) in [6.07, 6.45) is 0.627. The van der Waals surface area contributed by atoms with E-state index in [1.165, 1.54) is 25.3 Å². The molecule has 1 aromatic carbocycles. The Kier molecular flexibility index (Phi) is 4.11.